The van der Waals surface area contributed by atoms with Crippen LogP contribution in [0.3, 0.4) is 0 Å². The Labute approximate surface area is 157 Å². The molecular formula is C16H17BrN2O5S. The Morgan fingerprint density at radius 3 is 2.76 bits per heavy atom. The van der Waals surface area contributed by atoms with E-state index in [0.717, 1.165) is 0 Å². The molecule has 0 bridgehead atoms. The molecule has 0 saturated carbocycles. The SMILES string of the molecule is CC1(Br)CS[C@@H]2C(NC(=O)COc3ccccc3)C(=O)N2C1C(=O)O. The lowest BCUT2D eigenvalue weighted by molar-refractivity contribution is -0.163. The molecule has 1 aromatic carbocycles. The minimum Gasteiger partial charge on any atom is -0.484 e. The van der Waals surface area contributed by atoms with Crippen molar-refractivity contribution in [2.24, 2.45) is 0 Å². The summed E-state index contributed by atoms with van der Waals surface area (Å²) in [5.41, 5.74) is 0. The summed E-state index contributed by atoms with van der Waals surface area (Å²) < 4.78 is 4.65. The summed E-state index contributed by atoms with van der Waals surface area (Å²) in [4.78, 5) is 37.3. The van der Waals surface area contributed by atoms with Gasteiger partial charge in [0.15, 0.2) is 6.61 Å². The van der Waals surface area contributed by atoms with Crippen LogP contribution in [0.5, 0.6) is 5.75 Å². The molecule has 25 heavy (non-hydrogen) atoms. The zero-order chi connectivity index (χ0) is 18.2. The molecule has 3 rings (SSSR count). The molecule has 2 amide bonds. The zero-order valence-electron chi connectivity index (χ0n) is 13.3. The van der Waals surface area contributed by atoms with E-state index in [9.17, 15) is 19.5 Å². The van der Waals surface area contributed by atoms with Crippen molar-refractivity contribution in [3.63, 3.8) is 0 Å². The van der Waals surface area contributed by atoms with Crippen molar-refractivity contribution in [3.8, 4) is 5.75 Å². The summed E-state index contributed by atoms with van der Waals surface area (Å²) in [7, 11) is 0. The van der Waals surface area contributed by atoms with Crippen molar-refractivity contribution < 1.29 is 24.2 Å². The number of alkyl halides is 1. The number of carbonyl (C=O) groups is 3. The van der Waals surface area contributed by atoms with Crippen LogP contribution in [0.1, 0.15) is 6.92 Å². The Bertz CT molecular complexity index is 699. The number of carboxylic acid groups (broad SMARTS) is 1. The van der Waals surface area contributed by atoms with Crippen LogP contribution in [0.2, 0.25) is 0 Å². The molecule has 0 spiro atoms. The van der Waals surface area contributed by atoms with E-state index in [1.165, 1.54) is 16.7 Å². The number of para-hydroxylation sites is 1. The molecule has 2 heterocycles. The largest absolute Gasteiger partial charge is 0.484 e. The summed E-state index contributed by atoms with van der Waals surface area (Å²) in [5.74, 6) is -0.780. The number of hydrogen-bond donors (Lipinski definition) is 2. The number of carbonyl (C=O) groups excluding carboxylic acids is 2. The predicted molar refractivity (Wildman–Crippen MR) is 95.7 cm³/mol. The van der Waals surface area contributed by atoms with Crippen molar-refractivity contribution in [1.82, 2.24) is 10.2 Å². The van der Waals surface area contributed by atoms with Gasteiger partial charge in [-0.05, 0) is 19.1 Å². The number of hydrogen-bond acceptors (Lipinski definition) is 5. The van der Waals surface area contributed by atoms with E-state index >= 15 is 0 Å². The first-order valence-corrected chi connectivity index (χ1v) is 9.48. The molecule has 4 atom stereocenters. The van der Waals surface area contributed by atoms with E-state index < -0.39 is 28.3 Å². The highest BCUT2D eigenvalue weighted by atomic mass is 79.9. The number of aliphatic carboxylic acids is 1. The molecule has 3 unspecified atom stereocenters. The molecule has 2 aliphatic heterocycles. The third kappa shape index (κ3) is 3.48. The molecule has 7 nitrogen and oxygen atoms in total. The van der Waals surface area contributed by atoms with Gasteiger partial charge in [0.1, 0.15) is 23.2 Å². The Kier molecular flexibility index (Phi) is 4.97. The number of amides is 2. The Hall–Kier alpha value is -1.74. The van der Waals surface area contributed by atoms with E-state index in [1.54, 1.807) is 31.2 Å². The molecule has 0 aromatic heterocycles. The molecule has 2 saturated heterocycles. The Morgan fingerprint density at radius 2 is 2.12 bits per heavy atom. The van der Waals surface area contributed by atoms with Crippen LogP contribution in [0.25, 0.3) is 0 Å². The normalized spacial score (nSPS) is 30.9. The monoisotopic (exact) mass is 428 g/mol. The first-order chi connectivity index (χ1) is 11.8. The lowest BCUT2D eigenvalue weighted by Crippen LogP contribution is -2.78. The molecule has 1 aromatic rings. The van der Waals surface area contributed by atoms with Crippen molar-refractivity contribution in [2.45, 2.75) is 28.7 Å². The number of nitrogens with zero attached hydrogens (tertiary/aromatic N) is 1. The maximum absolute atomic E-state index is 12.4. The van der Waals surface area contributed by atoms with Gasteiger partial charge in [-0.15, -0.1) is 11.8 Å². The van der Waals surface area contributed by atoms with Crippen LogP contribution in [-0.2, 0) is 14.4 Å². The van der Waals surface area contributed by atoms with Crippen LogP contribution >= 0.6 is 27.7 Å². The fourth-order valence-corrected chi connectivity index (χ4v) is 5.18. The molecule has 0 aliphatic carbocycles. The topological polar surface area (TPSA) is 95.9 Å². The van der Waals surface area contributed by atoms with Gasteiger partial charge in [0.05, 0.1) is 4.32 Å². The molecule has 2 aliphatic rings. The fraction of sp³-hybridized carbons (Fsp3) is 0.438. The van der Waals surface area contributed by atoms with E-state index in [0.29, 0.717) is 11.5 Å². The average molecular weight is 429 g/mol. The highest BCUT2D eigenvalue weighted by Crippen LogP contribution is 2.45. The van der Waals surface area contributed by atoms with Crippen molar-refractivity contribution in [1.29, 1.82) is 0 Å². The van der Waals surface area contributed by atoms with Gasteiger partial charge in [0, 0.05) is 5.75 Å². The summed E-state index contributed by atoms with van der Waals surface area (Å²) in [5, 5.41) is 11.7. The zero-order valence-corrected chi connectivity index (χ0v) is 15.7. The molecule has 2 fully saturated rings. The van der Waals surface area contributed by atoms with Crippen molar-refractivity contribution in [2.75, 3.05) is 12.4 Å². The molecule has 0 radical (unpaired) electrons. The van der Waals surface area contributed by atoms with Crippen molar-refractivity contribution >= 4 is 45.5 Å². The third-order valence-electron chi connectivity index (χ3n) is 4.13. The second kappa shape index (κ2) is 6.87. The van der Waals surface area contributed by atoms with Gasteiger partial charge in [0.25, 0.3) is 5.91 Å². The molecular weight excluding hydrogens is 412 g/mol. The van der Waals surface area contributed by atoms with E-state index in [-0.39, 0.29) is 17.9 Å². The van der Waals surface area contributed by atoms with Gasteiger partial charge in [-0.2, -0.15) is 0 Å². The maximum atomic E-state index is 12.4. The summed E-state index contributed by atoms with van der Waals surface area (Å²) in [6.07, 6.45) is 0. The number of carboxylic acids is 1. The minimum atomic E-state index is -1.06. The van der Waals surface area contributed by atoms with E-state index in [2.05, 4.69) is 21.2 Å². The Morgan fingerprint density at radius 1 is 1.44 bits per heavy atom. The van der Waals surface area contributed by atoms with Gasteiger partial charge in [-0.3, -0.25) is 9.59 Å². The van der Waals surface area contributed by atoms with Crippen LogP contribution in [0.15, 0.2) is 30.3 Å². The average Bonchev–Trinajstić information content (AvgIpc) is 2.57. The van der Waals surface area contributed by atoms with Gasteiger partial charge >= 0.3 is 5.97 Å². The smallest absolute Gasteiger partial charge is 0.327 e. The summed E-state index contributed by atoms with van der Waals surface area (Å²) in [6, 6.07) is 7.21. The second-order valence-electron chi connectivity index (χ2n) is 6.11. The minimum absolute atomic E-state index is 0.205. The highest BCUT2D eigenvalue weighted by Gasteiger charge is 2.60. The first kappa shape index (κ1) is 18.1. The lowest BCUT2D eigenvalue weighted by atomic mass is 9.94. The highest BCUT2D eigenvalue weighted by molar-refractivity contribution is 9.10. The predicted octanol–water partition coefficient (Wildman–Crippen LogP) is 1.07. The number of ether oxygens (including phenoxy) is 1. The quantitative estimate of drug-likeness (QED) is 0.537. The summed E-state index contributed by atoms with van der Waals surface area (Å²) in [6.45, 7) is 1.55. The number of fused-ring (bicyclic) bond motifs is 1. The number of benzene rings is 1. The maximum Gasteiger partial charge on any atom is 0.327 e. The van der Waals surface area contributed by atoms with Gasteiger partial charge in [-0.25, -0.2) is 4.79 Å². The van der Waals surface area contributed by atoms with Crippen molar-refractivity contribution in [3.05, 3.63) is 30.3 Å². The number of halogens is 1. The van der Waals surface area contributed by atoms with Gasteiger partial charge < -0.3 is 20.1 Å². The summed E-state index contributed by atoms with van der Waals surface area (Å²) >= 11 is 4.86. The molecule has 9 heteroatoms. The van der Waals surface area contributed by atoms with E-state index in [1.807, 2.05) is 6.07 Å². The first-order valence-electron chi connectivity index (χ1n) is 7.64. The number of thioether (sulfide) groups is 1. The van der Waals surface area contributed by atoms with Crippen LogP contribution in [0, 0.1) is 0 Å². The molecule has 2 N–H and O–H groups in total. The third-order valence-corrected chi connectivity index (χ3v) is 6.82. The standard InChI is InChI=1S/C16H17BrN2O5S/c1-16(17)8-25-14-11(13(21)19(14)12(16)15(22)23)18-10(20)7-24-9-5-3-2-4-6-9/h2-6,11-12,14H,7-8H2,1H3,(H,18,20)(H,22,23)/t11?,12?,14-,16?/m1/s1. The van der Waals surface area contributed by atoms with Gasteiger partial charge in [0.2, 0.25) is 5.91 Å². The second-order valence-corrected chi connectivity index (χ2v) is 9.03. The fourth-order valence-electron chi connectivity index (χ4n) is 2.94. The number of rotatable bonds is 5. The van der Waals surface area contributed by atoms with E-state index in [4.69, 9.17) is 4.74 Å². The van der Waals surface area contributed by atoms with Crippen LogP contribution in [-0.4, -0.2) is 61.9 Å². The number of β-lactam (4-membered cyclic amide) rings is 1. The Balaban J connectivity index is 1.59. The van der Waals surface area contributed by atoms with Gasteiger partial charge in [-0.1, -0.05) is 34.1 Å². The van der Waals surface area contributed by atoms with Crippen LogP contribution in [0.4, 0.5) is 0 Å². The number of nitrogens with one attached hydrogen (secondary N) is 1. The van der Waals surface area contributed by atoms with Crippen LogP contribution < -0.4 is 10.1 Å². The molecule has 134 valence electrons. The lowest BCUT2D eigenvalue weighted by Gasteiger charge is -2.56.